The summed E-state index contributed by atoms with van der Waals surface area (Å²) < 4.78 is 22.3. The lowest BCUT2D eigenvalue weighted by Crippen LogP contribution is -2.14. The maximum Gasteiger partial charge on any atom is 0.153 e. The number of hydrogen-bond donors (Lipinski definition) is 1. The first-order valence-electron chi connectivity index (χ1n) is 5.30. The van der Waals surface area contributed by atoms with Gasteiger partial charge in [-0.05, 0) is 19.8 Å². The summed E-state index contributed by atoms with van der Waals surface area (Å²) in [6.45, 7) is 2.75. The van der Waals surface area contributed by atoms with Gasteiger partial charge in [-0.3, -0.25) is 0 Å². The molecule has 0 bridgehead atoms. The smallest absolute Gasteiger partial charge is 0.153 e. The van der Waals surface area contributed by atoms with Crippen LogP contribution in [0, 0.1) is 6.92 Å². The Morgan fingerprint density at radius 1 is 1.50 bits per heavy atom. The van der Waals surface area contributed by atoms with Crippen LogP contribution in [0.3, 0.4) is 0 Å². The van der Waals surface area contributed by atoms with Crippen LogP contribution in [0.4, 0.5) is 0 Å². The van der Waals surface area contributed by atoms with Crippen LogP contribution in [-0.2, 0) is 22.1 Å². The van der Waals surface area contributed by atoms with Gasteiger partial charge in [-0.1, -0.05) is 0 Å². The van der Waals surface area contributed by atoms with E-state index >= 15 is 0 Å². The van der Waals surface area contributed by atoms with E-state index in [1.807, 2.05) is 6.92 Å². The number of thiazole rings is 1. The van der Waals surface area contributed by atoms with Crippen molar-refractivity contribution in [1.29, 1.82) is 0 Å². The van der Waals surface area contributed by atoms with Gasteiger partial charge < -0.3 is 5.32 Å². The Morgan fingerprint density at radius 2 is 2.19 bits per heavy atom. The van der Waals surface area contributed by atoms with Crippen LogP contribution in [0.2, 0.25) is 0 Å². The topological polar surface area (TPSA) is 59.1 Å². The van der Waals surface area contributed by atoms with E-state index in [1.165, 1.54) is 30.4 Å². The molecule has 1 N–H and O–H groups in total. The molecule has 6 heteroatoms. The van der Waals surface area contributed by atoms with E-state index in [0.29, 0.717) is 11.0 Å². The highest BCUT2D eigenvalue weighted by atomic mass is 32.2. The third kappa shape index (κ3) is 3.54. The summed E-state index contributed by atoms with van der Waals surface area (Å²) in [7, 11) is -2.97. The van der Waals surface area contributed by atoms with E-state index in [-0.39, 0.29) is 5.75 Å². The van der Waals surface area contributed by atoms with Crippen LogP contribution in [-0.4, -0.2) is 25.7 Å². The predicted molar refractivity (Wildman–Crippen MR) is 65.3 cm³/mol. The third-order valence-electron chi connectivity index (χ3n) is 2.45. The van der Waals surface area contributed by atoms with Gasteiger partial charge in [0, 0.05) is 23.7 Å². The fourth-order valence-electron chi connectivity index (χ4n) is 1.46. The molecule has 1 saturated carbocycles. The second-order valence-corrected chi connectivity index (χ2v) is 7.65. The molecule has 0 aliphatic heterocycles. The van der Waals surface area contributed by atoms with Crippen molar-refractivity contribution in [2.75, 3.05) is 6.26 Å². The Bertz CT molecular complexity index is 475. The molecule has 1 fully saturated rings. The van der Waals surface area contributed by atoms with E-state index in [0.717, 1.165) is 17.1 Å². The fraction of sp³-hybridized carbons (Fsp3) is 0.700. The first-order valence-corrected chi connectivity index (χ1v) is 8.18. The van der Waals surface area contributed by atoms with Crippen molar-refractivity contribution in [1.82, 2.24) is 10.3 Å². The predicted octanol–water partition coefficient (Wildman–Crippen LogP) is 1.25. The SMILES string of the molecule is Cc1nc(CS(C)(=O)=O)sc1CNC1CC1. The fourth-order valence-corrected chi connectivity index (χ4v) is 3.67. The van der Waals surface area contributed by atoms with Crippen molar-refractivity contribution in [2.45, 2.75) is 38.1 Å². The minimum Gasteiger partial charge on any atom is -0.309 e. The molecule has 1 heterocycles. The van der Waals surface area contributed by atoms with E-state index in [4.69, 9.17) is 0 Å². The van der Waals surface area contributed by atoms with E-state index in [2.05, 4.69) is 10.3 Å². The first-order chi connectivity index (χ1) is 7.44. The molecule has 1 aromatic heterocycles. The molecule has 0 amide bonds. The minimum atomic E-state index is -2.97. The normalized spacial score (nSPS) is 16.6. The van der Waals surface area contributed by atoms with Gasteiger partial charge in [0.25, 0.3) is 0 Å². The summed E-state index contributed by atoms with van der Waals surface area (Å²) in [6, 6.07) is 0.667. The van der Waals surface area contributed by atoms with Gasteiger partial charge in [0.2, 0.25) is 0 Å². The third-order valence-corrected chi connectivity index (χ3v) is 4.59. The highest BCUT2D eigenvalue weighted by Crippen LogP contribution is 2.23. The molecule has 1 aliphatic rings. The Kier molecular flexibility index (Phi) is 3.32. The van der Waals surface area contributed by atoms with Crippen molar-refractivity contribution in [3.63, 3.8) is 0 Å². The Labute approximate surface area is 100 Å². The molecule has 90 valence electrons. The van der Waals surface area contributed by atoms with E-state index < -0.39 is 9.84 Å². The molecule has 0 saturated heterocycles. The second kappa shape index (κ2) is 4.43. The Hall–Kier alpha value is -0.460. The standard InChI is InChI=1S/C10H16N2O2S2/c1-7-9(5-11-8-3-4-8)15-10(12-7)6-16(2,13)14/h8,11H,3-6H2,1-2H3. The van der Waals surface area contributed by atoms with Crippen molar-refractivity contribution >= 4 is 21.2 Å². The van der Waals surface area contributed by atoms with Crippen LogP contribution in [0.25, 0.3) is 0 Å². The van der Waals surface area contributed by atoms with E-state index in [9.17, 15) is 8.42 Å². The van der Waals surface area contributed by atoms with Gasteiger partial charge >= 0.3 is 0 Å². The quantitative estimate of drug-likeness (QED) is 0.865. The summed E-state index contributed by atoms with van der Waals surface area (Å²) in [4.78, 5) is 5.45. The largest absolute Gasteiger partial charge is 0.309 e. The van der Waals surface area contributed by atoms with Gasteiger partial charge in [-0.15, -0.1) is 11.3 Å². The molecular weight excluding hydrogens is 244 g/mol. The molecule has 0 spiro atoms. The van der Waals surface area contributed by atoms with Crippen LogP contribution < -0.4 is 5.32 Å². The summed E-state index contributed by atoms with van der Waals surface area (Å²) in [5, 5.41) is 4.11. The summed E-state index contributed by atoms with van der Waals surface area (Å²) in [6.07, 6.45) is 3.76. The molecule has 0 radical (unpaired) electrons. The van der Waals surface area contributed by atoms with Crippen LogP contribution in [0.15, 0.2) is 0 Å². The highest BCUT2D eigenvalue weighted by molar-refractivity contribution is 7.90. The molecule has 1 aromatic rings. The number of sulfone groups is 1. The number of aryl methyl sites for hydroxylation is 1. The summed E-state index contributed by atoms with van der Waals surface area (Å²) in [5.74, 6) is 0.0575. The summed E-state index contributed by atoms with van der Waals surface area (Å²) in [5.41, 5.74) is 0.955. The molecule has 0 atom stereocenters. The average Bonchev–Trinajstić information content (AvgIpc) is 2.87. The molecule has 16 heavy (non-hydrogen) atoms. The molecule has 1 aliphatic carbocycles. The minimum absolute atomic E-state index is 0.0575. The van der Waals surface area contributed by atoms with Crippen LogP contribution >= 0.6 is 11.3 Å². The number of aromatic nitrogens is 1. The lowest BCUT2D eigenvalue weighted by Gasteiger charge is -1.99. The van der Waals surface area contributed by atoms with Crippen LogP contribution in [0.1, 0.15) is 28.4 Å². The van der Waals surface area contributed by atoms with Gasteiger partial charge in [0.05, 0.1) is 5.69 Å². The summed E-state index contributed by atoms with van der Waals surface area (Å²) >= 11 is 1.50. The molecule has 4 nitrogen and oxygen atoms in total. The first kappa shape index (κ1) is 12.0. The monoisotopic (exact) mass is 260 g/mol. The molecular formula is C10H16N2O2S2. The van der Waals surface area contributed by atoms with Gasteiger partial charge in [-0.2, -0.15) is 0 Å². The lowest BCUT2D eigenvalue weighted by atomic mass is 10.4. The molecule has 2 rings (SSSR count). The zero-order valence-electron chi connectivity index (χ0n) is 9.49. The average molecular weight is 260 g/mol. The Balaban J connectivity index is 2.02. The van der Waals surface area contributed by atoms with Gasteiger partial charge in [0.15, 0.2) is 9.84 Å². The van der Waals surface area contributed by atoms with Crippen molar-refractivity contribution in [2.24, 2.45) is 0 Å². The maximum atomic E-state index is 11.1. The highest BCUT2D eigenvalue weighted by Gasteiger charge is 2.21. The van der Waals surface area contributed by atoms with Crippen molar-refractivity contribution in [3.8, 4) is 0 Å². The van der Waals surface area contributed by atoms with Gasteiger partial charge in [-0.25, -0.2) is 13.4 Å². The lowest BCUT2D eigenvalue weighted by molar-refractivity contribution is 0.601. The van der Waals surface area contributed by atoms with E-state index in [1.54, 1.807) is 0 Å². The number of rotatable bonds is 5. The zero-order chi connectivity index (χ0) is 11.8. The number of nitrogens with zero attached hydrogens (tertiary/aromatic N) is 1. The maximum absolute atomic E-state index is 11.1. The van der Waals surface area contributed by atoms with Crippen molar-refractivity contribution in [3.05, 3.63) is 15.6 Å². The van der Waals surface area contributed by atoms with Crippen molar-refractivity contribution < 1.29 is 8.42 Å². The molecule has 0 unspecified atom stereocenters. The Morgan fingerprint density at radius 3 is 2.75 bits per heavy atom. The number of hydrogen-bond acceptors (Lipinski definition) is 5. The van der Waals surface area contributed by atoms with Crippen LogP contribution in [0.5, 0.6) is 0 Å². The molecule has 0 aromatic carbocycles. The zero-order valence-corrected chi connectivity index (χ0v) is 11.1. The number of nitrogens with one attached hydrogen (secondary N) is 1. The van der Waals surface area contributed by atoms with Gasteiger partial charge in [0.1, 0.15) is 10.8 Å². The second-order valence-electron chi connectivity index (χ2n) is 4.34.